The fourth-order valence-electron chi connectivity index (χ4n) is 2.29. The van der Waals surface area contributed by atoms with E-state index < -0.39 is 0 Å². The van der Waals surface area contributed by atoms with Crippen LogP contribution in [-0.4, -0.2) is 18.6 Å². The van der Waals surface area contributed by atoms with Crippen LogP contribution in [0.3, 0.4) is 0 Å². The Kier molecular flexibility index (Phi) is 4.48. The van der Waals surface area contributed by atoms with Gasteiger partial charge in [-0.2, -0.15) is 0 Å². The Hall–Kier alpha value is -1.91. The van der Waals surface area contributed by atoms with Gasteiger partial charge in [0, 0.05) is 28.9 Å². The molecule has 0 saturated heterocycles. The Bertz CT molecular complexity index is 697. The predicted molar refractivity (Wildman–Crippen MR) is 88.0 cm³/mol. The second-order valence-electron chi connectivity index (χ2n) is 4.87. The minimum atomic E-state index is 0.0820. The second-order valence-corrected chi connectivity index (χ2v) is 5.85. The van der Waals surface area contributed by atoms with E-state index in [0.29, 0.717) is 0 Å². The van der Waals surface area contributed by atoms with E-state index in [1.54, 1.807) is 11.3 Å². The maximum atomic E-state index is 6.20. The molecule has 1 atom stereocenters. The van der Waals surface area contributed by atoms with Crippen LogP contribution in [0.25, 0.3) is 10.9 Å². The van der Waals surface area contributed by atoms with Crippen LogP contribution in [-0.2, 0) is 0 Å². The lowest BCUT2D eigenvalue weighted by atomic mass is 10.2. The second kappa shape index (κ2) is 6.70. The van der Waals surface area contributed by atoms with E-state index in [9.17, 15) is 0 Å². The highest BCUT2D eigenvalue weighted by molar-refractivity contribution is 7.10. The fraction of sp³-hybridized carbons (Fsp3) is 0.235. The van der Waals surface area contributed by atoms with E-state index in [2.05, 4.69) is 39.9 Å². The number of pyridine rings is 1. The molecule has 3 aromatic rings. The van der Waals surface area contributed by atoms with Gasteiger partial charge in [0.2, 0.25) is 0 Å². The number of benzene rings is 1. The van der Waals surface area contributed by atoms with Crippen molar-refractivity contribution in [1.82, 2.24) is 10.3 Å². The zero-order chi connectivity index (χ0) is 14.5. The van der Waals surface area contributed by atoms with Crippen molar-refractivity contribution in [3.05, 3.63) is 58.9 Å². The smallest absolute Gasteiger partial charge is 0.134 e. The average molecular weight is 298 g/mol. The summed E-state index contributed by atoms with van der Waals surface area (Å²) < 4.78 is 6.20. The lowest BCUT2D eigenvalue weighted by Gasteiger charge is -2.18. The molecule has 0 aliphatic carbocycles. The normalized spacial score (nSPS) is 12.4. The molecular weight excluding hydrogens is 280 g/mol. The number of ether oxygens (including phenoxy) is 1. The number of hydrogen-bond donors (Lipinski definition) is 1. The molecule has 0 fully saturated rings. The van der Waals surface area contributed by atoms with Gasteiger partial charge >= 0.3 is 0 Å². The van der Waals surface area contributed by atoms with E-state index >= 15 is 0 Å². The van der Waals surface area contributed by atoms with Gasteiger partial charge in [-0.05, 0) is 43.2 Å². The summed E-state index contributed by atoms with van der Waals surface area (Å²) in [4.78, 5) is 5.64. The first-order valence-electron chi connectivity index (χ1n) is 7.06. The largest absolute Gasteiger partial charge is 0.485 e. The van der Waals surface area contributed by atoms with Gasteiger partial charge in [0.05, 0.1) is 5.52 Å². The summed E-state index contributed by atoms with van der Waals surface area (Å²) in [5.74, 6) is 0.871. The van der Waals surface area contributed by atoms with Crippen molar-refractivity contribution in [1.29, 1.82) is 0 Å². The van der Waals surface area contributed by atoms with Crippen LogP contribution >= 0.6 is 11.3 Å². The first-order valence-corrected chi connectivity index (χ1v) is 7.94. The molecule has 2 heterocycles. The lowest BCUT2D eigenvalue weighted by molar-refractivity contribution is 0.199. The van der Waals surface area contributed by atoms with E-state index in [4.69, 9.17) is 4.74 Å². The zero-order valence-corrected chi connectivity index (χ0v) is 12.8. The van der Waals surface area contributed by atoms with E-state index in [1.165, 1.54) is 4.88 Å². The summed E-state index contributed by atoms with van der Waals surface area (Å²) in [6.07, 6.45) is 2.83. The molecule has 0 radical (unpaired) electrons. The van der Waals surface area contributed by atoms with Crippen molar-refractivity contribution < 1.29 is 4.74 Å². The highest BCUT2D eigenvalue weighted by Crippen LogP contribution is 2.29. The van der Waals surface area contributed by atoms with Crippen molar-refractivity contribution >= 4 is 22.2 Å². The number of nitrogens with one attached hydrogen (secondary N) is 1. The molecule has 0 aliphatic heterocycles. The van der Waals surface area contributed by atoms with Crippen LogP contribution in [0.15, 0.2) is 54.0 Å². The third kappa shape index (κ3) is 3.40. The molecule has 0 saturated carbocycles. The predicted octanol–water partition coefficient (Wildman–Crippen LogP) is 4.03. The molecule has 1 N–H and O–H groups in total. The van der Waals surface area contributed by atoms with Crippen LogP contribution in [0.4, 0.5) is 0 Å². The third-order valence-corrected chi connectivity index (χ3v) is 4.34. The number of hydrogen-bond acceptors (Lipinski definition) is 4. The van der Waals surface area contributed by atoms with Crippen molar-refractivity contribution in [2.45, 2.75) is 12.5 Å². The number of nitrogens with zero attached hydrogens (tertiary/aromatic N) is 1. The van der Waals surface area contributed by atoms with Gasteiger partial charge in [0.1, 0.15) is 11.9 Å². The Morgan fingerprint density at radius 3 is 3.00 bits per heavy atom. The Labute approximate surface area is 128 Å². The molecule has 0 aliphatic rings. The van der Waals surface area contributed by atoms with Gasteiger partial charge in [0.25, 0.3) is 0 Å². The third-order valence-electron chi connectivity index (χ3n) is 3.37. The molecule has 0 bridgehead atoms. The molecule has 3 rings (SSSR count). The van der Waals surface area contributed by atoms with Gasteiger partial charge in [-0.1, -0.05) is 12.1 Å². The summed E-state index contributed by atoms with van der Waals surface area (Å²) in [5, 5.41) is 6.41. The zero-order valence-electron chi connectivity index (χ0n) is 12.0. The molecular formula is C17H18N2OS. The van der Waals surface area contributed by atoms with Crippen molar-refractivity contribution in [3.8, 4) is 5.75 Å². The SMILES string of the molecule is CNCCC(Oc1ccc2cccnc2c1)c1cccs1. The molecule has 4 heteroatoms. The molecule has 2 aromatic heterocycles. The van der Waals surface area contributed by atoms with Crippen molar-refractivity contribution in [3.63, 3.8) is 0 Å². The van der Waals surface area contributed by atoms with Crippen molar-refractivity contribution in [2.24, 2.45) is 0 Å². The first kappa shape index (κ1) is 14.0. The molecule has 1 aromatic carbocycles. The quantitative estimate of drug-likeness (QED) is 0.746. The van der Waals surface area contributed by atoms with Crippen LogP contribution in [0.5, 0.6) is 5.75 Å². The van der Waals surface area contributed by atoms with Gasteiger partial charge in [-0.3, -0.25) is 4.98 Å². The van der Waals surface area contributed by atoms with E-state index in [-0.39, 0.29) is 6.10 Å². The number of rotatable bonds is 6. The van der Waals surface area contributed by atoms with Crippen LogP contribution in [0.2, 0.25) is 0 Å². The van der Waals surface area contributed by atoms with Crippen molar-refractivity contribution in [2.75, 3.05) is 13.6 Å². The molecule has 21 heavy (non-hydrogen) atoms. The fourth-order valence-corrected chi connectivity index (χ4v) is 3.08. The molecule has 1 unspecified atom stereocenters. The molecule has 3 nitrogen and oxygen atoms in total. The molecule has 0 amide bonds. The highest BCUT2D eigenvalue weighted by Gasteiger charge is 2.14. The standard InChI is InChI=1S/C17H18N2OS/c1-18-10-8-16(17-5-3-11-21-17)20-14-7-6-13-4-2-9-19-15(13)12-14/h2-7,9,11-12,16,18H,8,10H2,1H3. The number of fused-ring (bicyclic) bond motifs is 1. The number of thiophene rings is 1. The monoisotopic (exact) mass is 298 g/mol. The maximum Gasteiger partial charge on any atom is 0.134 e. The van der Waals surface area contributed by atoms with Gasteiger partial charge in [-0.15, -0.1) is 11.3 Å². The summed E-state index contributed by atoms with van der Waals surface area (Å²) in [5.41, 5.74) is 0.966. The minimum Gasteiger partial charge on any atom is -0.485 e. The number of aromatic nitrogens is 1. The van der Waals surface area contributed by atoms with E-state index in [0.717, 1.165) is 29.6 Å². The Morgan fingerprint density at radius 2 is 2.19 bits per heavy atom. The highest BCUT2D eigenvalue weighted by atomic mass is 32.1. The Balaban J connectivity index is 1.83. The summed E-state index contributed by atoms with van der Waals surface area (Å²) >= 11 is 1.74. The lowest BCUT2D eigenvalue weighted by Crippen LogP contribution is -2.15. The van der Waals surface area contributed by atoms with E-state index in [1.807, 2.05) is 31.4 Å². The first-order chi connectivity index (χ1) is 10.4. The minimum absolute atomic E-state index is 0.0820. The van der Waals surface area contributed by atoms with Gasteiger partial charge < -0.3 is 10.1 Å². The Morgan fingerprint density at radius 1 is 1.24 bits per heavy atom. The average Bonchev–Trinajstić information content (AvgIpc) is 3.05. The van der Waals surface area contributed by atoms with Crippen LogP contribution in [0, 0.1) is 0 Å². The van der Waals surface area contributed by atoms with Gasteiger partial charge in [-0.25, -0.2) is 0 Å². The van der Waals surface area contributed by atoms with Gasteiger partial charge in [0.15, 0.2) is 0 Å². The maximum absolute atomic E-state index is 6.20. The topological polar surface area (TPSA) is 34.1 Å². The summed E-state index contributed by atoms with van der Waals surface area (Å²) in [7, 11) is 1.96. The van der Waals surface area contributed by atoms with Crippen LogP contribution in [0.1, 0.15) is 17.4 Å². The van der Waals surface area contributed by atoms with Crippen LogP contribution < -0.4 is 10.1 Å². The molecule has 108 valence electrons. The molecule has 0 spiro atoms. The summed E-state index contributed by atoms with van der Waals surface area (Å²) in [6, 6.07) is 14.3. The summed E-state index contributed by atoms with van der Waals surface area (Å²) in [6.45, 7) is 0.925.